The molecule has 0 unspecified atom stereocenters. The van der Waals surface area contributed by atoms with E-state index < -0.39 is 24.3 Å². The quantitative estimate of drug-likeness (QED) is 0.0612. The average Bonchev–Trinajstić information content (AvgIpc) is 3.06. The zero-order valence-electron chi connectivity index (χ0n) is 26.1. The molecule has 1 aliphatic rings. The number of hydrogen-bond donors (Lipinski definition) is 4. The summed E-state index contributed by atoms with van der Waals surface area (Å²) in [7, 11) is 2.80. The van der Waals surface area contributed by atoms with Crippen molar-refractivity contribution in [3.05, 3.63) is 91.7 Å². The molecule has 2 amide bonds. The molecule has 0 saturated heterocycles. The van der Waals surface area contributed by atoms with E-state index in [2.05, 4.69) is 49.8 Å². The van der Waals surface area contributed by atoms with Gasteiger partial charge in [0.25, 0.3) is 0 Å². The number of hydrazone groups is 1. The van der Waals surface area contributed by atoms with Crippen LogP contribution in [0.4, 0.5) is 4.79 Å². The van der Waals surface area contributed by atoms with Gasteiger partial charge in [-0.2, -0.15) is 10.4 Å². The molecule has 13 nitrogen and oxygen atoms in total. The lowest BCUT2D eigenvalue weighted by Gasteiger charge is -2.28. The Balaban J connectivity index is 1.39. The molecular weight excluding hydrogens is 721 g/mol. The first-order chi connectivity index (χ1) is 22.7. The Hall–Kier alpha value is -5.01. The first kappa shape index (κ1) is 34.9. The van der Waals surface area contributed by atoms with Crippen LogP contribution < -0.4 is 35.0 Å². The Bertz CT molecular complexity index is 1720. The van der Waals surface area contributed by atoms with Gasteiger partial charge in [0.15, 0.2) is 29.2 Å². The van der Waals surface area contributed by atoms with Gasteiger partial charge >= 0.3 is 12.0 Å². The largest absolute Gasteiger partial charge is 0.493 e. The van der Waals surface area contributed by atoms with Crippen molar-refractivity contribution in [2.75, 3.05) is 27.4 Å². The lowest BCUT2D eigenvalue weighted by molar-refractivity contribution is -0.136. The zero-order valence-corrected chi connectivity index (χ0v) is 28.3. The fraction of sp³-hybridized carbons (Fsp3) is 0.273. The maximum absolute atomic E-state index is 12.5. The molecule has 2 atom stereocenters. The van der Waals surface area contributed by atoms with Gasteiger partial charge in [-0.1, -0.05) is 24.3 Å². The molecular formula is C33H34IN5O8. The van der Waals surface area contributed by atoms with Crippen molar-refractivity contribution in [2.24, 2.45) is 5.10 Å². The second kappa shape index (κ2) is 16.5. The number of aliphatic hydroxyl groups excluding tert-OH is 1. The number of allylic oxidation sites excluding steroid dienone is 1. The third-order valence-corrected chi connectivity index (χ3v) is 7.67. The van der Waals surface area contributed by atoms with Crippen molar-refractivity contribution in [1.82, 2.24) is 16.1 Å². The summed E-state index contributed by atoms with van der Waals surface area (Å²) in [5.74, 6) is 1.13. The highest BCUT2D eigenvalue weighted by Gasteiger charge is 2.32. The SMILES string of the molecule is CCOc1cc([C@H]2NC(=O)NC(C)=C2C(=O)OC)ccc1OC[C@@H](O)N/N=C\c1cc(I)c(OCc2ccccc2C#N)c(OC)c1. The van der Waals surface area contributed by atoms with Crippen LogP contribution in [0.5, 0.6) is 23.0 Å². The van der Waals surface area contributed by atoms with Crippen LogP contribution in [-0.4, -0.2) is 57.0 Å². The number of aliphatic hydroxyl groups is 1. The summed E-state index contributed by atoms with van der Waals surface area (Å²) in [5, 5.41) is 29.3. The number of nitrogens with one attached hydrogen (secondary N) is 3. The van der Waals surface area contributed by atoms with Crippen molar-refractivity contribution in [1.29, 1.82) is 5.26 Å². The minimum Gasteiger partial charge on any atom is -0.493 e. The number of carbonyl (C=O) groups excluding carboxylic acids is 2. The van der Waals surface area contributed by atoms with Crippen LogP contribution in [-0.2, 0) is 16.1 Å². The van der Waals surface area contributed by atoms with Crippen molar-refractivity contribution in [3.8, 4) is 29.1 Å². The number of nitrogens with zero attached hydrogens (tertiary/aromatic N) is 2. The normalized spacial score (nSPS) is 14.8. The number of ether oxygens (including phenoxy) is 5. The molecule has 0 bridgehead atoms. The molecule has 1 heterocycles. The van der Waals surface area contributed by atoms with Gasteiger partial charge < -0.3 is 39.4 Å². The van der Waals surface area contributed by atoms with Crippen LogP contribution in [0.25, 0.3) is 0 Å². The Morgan fingerprint density at radius 3 is 2.64 bits per heavy atom. The Morgan fingerprint density at radius 1 is 1.13 bits per heavy atom. The van der Waals surface area contributed by atoms with E-state index in [-0.39, 0.29) is 18.8 Å². The minimum absolute atomic E-state index is 0.176. The van der Waals surface area contributed by atoms with Crippen LogP contribution in [0, 0.1) is 14.9 Å². The van der Waals surface area contributed by atoms with Crippen molar-refractivity contribution in [3.63, 3.8) is 0 Å². The molecule has 3 aromatic carbocycles. The van der Waals surface area contributed by atoms with E-state index in [4.69, 9.17) is 23.7 Å². The van der Waals surface area contributed by atoms with Crippen molar-refractivity contribution in [2.45, 2.75) is 32.7 Å². The van der Waals surface area contributed by atoms with Crippen LogP contribution in [0.1, 0.15) is 42.1 Å². The zero-order chi connectivity index (χ0) is 33.9. The Kier molecular flexibility index (Phi) is 12.3. The van der Waals surface area contributed by atoms with E-state index in [1.54, 1.807) is 50.2 Å². The Morgan fingerprint density at radius 2 is 1.91 bits per heavy atom. The molecule has 0 aliphatic carbocycles. The summed E-state index contributed by atoms with van der Waals surface area (Å²) >= 11 is 2.13. The number of hydrogen-bond acceptors (Lipinski definition) is 11. The third-order valence-electron chi connectivity index (χ3n) is 6.87. The molecule has 4 N–H and O–H groups in total. The van der Waals surface area contributed by atoms with Gasteiger partial charge in [-0.25, -0.2) is 9.59 Å². The number of carbonyl (C=O) groups is 2. The van der Waals surface area contributed by atoms with E-state index in [0.717, 1.165) is 9.13 Å². The Labute approximate surface area is 285 Å². The molecule has 47 heavy (non-hydrogen) atoms. The van der Waals surface area contributed by atoms with Gasteiger partial charge in [0.2, 0.25) is 0 Å². The number of halogens is 1. The summed E-state index contributed by atoms with van der Waals surface area (Å²) in [6.45, 7) is 3.77. The van der Waals surface area contributed by atoms with Crippen LogP contribution in [0.2, 0.25) is 0 Å². The van der Waals surface area contributed by atoms with E-state index in [9.17, 15) is 20.0 Å². The fourth-order valence-corrected chi connectivity index (χ4v) is 5.46. The standard InChI is InChI=1S/C33H34IN5O8/c1-5-45-26-14-21(30-29(32(41)44-4)19(2)37-33(42)38-30)10-11-25(26)46-18-28(40)39-36-16-20-12-24(34)31(27(13-20)43-3)47-17-23-9-7-6-8-22(23)15-35/h6-14,16,28,30,39-40H,5,17-18H2,1-4H3,(H2,37,38,42)/b36-16-/t28-,30-/m1/s1. The van der Waals surface area contributed by atoms with E-state index in [1.807, 2.05) is 18.2 Å². The van der Waals surface area contributed by atoms with E-state index in [1.165, 1.54) is 20.4 Å². The summed E-state index contributed by atoms with van der Waals surface area (Å²) in [6, 6.07) is 16.7. The van der Waals surface area contributed by atoms with Crippen LogP contribution in [0.15, 0.2) is 71.0 Å². The number of amides is 2. The predicted molar refractivity (Wildman–Crippen MR) is 180 cm³/mol. The van der Waals surface area contributed by atoms with Crippen LogP contribution in [0.3, 0.4) is 0 Å². The first-order valence-electron chi connectivity index (χ1n) is 14.4. The summed E-state index contributed by atoms with van der Waals surface area (Å²) < 4.78 is 28.8. The molecule has 0 saturated carbocycles. The number of urea groups is 1. The smallest absolute Gasteiger partial charge is 0.337 e. The highest BCUT2D eigenvalue weighted by molar-refractivity contribution is 14.1. The molecule has 1 aliphatic heterocycles. The van der Waals surface area contributed by atoms with Gasteiger partial charge in [0.1, 0.15) is 13.2 Å². The van der Waals surface area contributed by atoms with E-state index in [0.29, 0.717) is 52.0 Å². The van der Waals surface area contributed by atoms with Crippen molar-refractivity contribution >= 4 is 40.8 Å². The van der Waals surface area contributed by atoms with Crippen molar-refractivity contribution < 1.29 is 38.4 Å². The van der Waals surface area contributed by atoms with Gasteiger partial charge in [-0.15, -0.1) is 0 Å². The van der Waals surface area contributed by atoms with Crippen LogP contribution >= 0.6 is 22.6 Å². The highest BCUT2D eigenvalue weighted by atomic mass is 127. The molecule has 0 spiro atoms. The number of benzene rings is 3. The molecule has 3 aromatic rings. The molecule has 246 valence electrons. The third kappa shape index (κ3) is 8.83. The number of esters is 1. The summed E-state index contributed by atoms with van der Waals surface area (Å²) in [6.07, 6.45) is 0.342. The predicted octanol–water partition coefficient (Wildman–Crippen LogP) is 4.27. The maximum Gasteiger partial charge on any atom is 0.337 e. The number of nitriles is 1. The second-order valence-corrected chi connectivity index (χ2v) is 11.2. The number of methoxy groups -OCH3 is 2. The van der Waals surface area contributed by atoms with Gasteiger partial charge in [-0.3, -0.25) is 5.43 Å². The molecule has 4 rings (SSSR count). The summed E-state index contributed by atoms with van der Waals surface area (Å²) in [4.78, 5) is 24.6. The fourth-order valence-electron chi connectivity index (χ4n) is 4.68. The van der Waals surface area contributed by atoms with E-state index >= 15 is 0 Å². The molecule has 0 radical (unpaired) electrons. The maximum atomic E-state index is 12.5. The monoisotopic (exact) mass is 755 g/mol. The second-order valence-electron chi connectivity index (χ2n) is 10.0. The molecule has 0 fully saturated rings. The molecule has 14 heteroatoms. The summed E-state index contributed by atoms with van der Waals surface area (Å²) in [5.41, 5.74) is 5.83. The minimum atomic E-state index is -1.18. The highest BCUT2D eigenvalue weighted by Crippen LogP contribution is 2.36. The van der Waals surface area contributed by atoms with Gasteiger partial charge in [-0.05, 0) is 77.9 Å². The first-order valence-corrected chi connectivity index (χ1v) is 15.5. The van der Waals surface area contributed by atoms with Gasteiger partial charge in [0, 0.05) is 11.3 Å². The lowest BCUT2D eigenvalue weighted by atomic mass is 9.95. The van der Waals surface area contributed by atoms with Gasteiger partial charge in [0.05, 0.1) is 53.9 Å². The lowest BCUT2D eigenvalue weighted by Crippen LogP contribution is -2.45. The topological polar surface area (TPSA) is 173 Å². The average molecular weight is 756 g/mol. The number of rotatable bonds is 14. The molecule has 0 aromatic heterocycles.